The van der Waals surface area contributed by atoms with Crippen molar-refractivity contribution in [2.24, 2.45) is 0 Å². The van der Waals surface area contributed by atoms with Gasteiger partial charge in [-0.1, -0.05) is 43.5 Å². The third-order valence-corrected chi connectivity index (χ3v) is 5.16. The van der Waals surface area contributed by atoms with Crippen LogP contribution < -0.4 is 0 Å². The van der Waals surface area contributed by atoms with Gasteiger partial charge in [0.2, 0.25) is 0 Å². The van der Waals surface area contributed by atoms with Gasteiger partial charge in [0.15, 0.2) is 0 Å². The number of ether oxygens (including phenoxy) is 1. The molecular formula is C17H20ClNOS. The number of hydrogen-bond donors (Lipinski definition) is 0. The highest BCUT2D eigenvalue weighted by molar-refractivity contribution is 7.13. The van der Waals surface area contributed by atoms with Gasteiger partial charge in [-0.3, -0.25) is 0 Å². The van der Waals surface area contributed by atoms with Crippen LogP contribution in [0.25, 0.3) is 10.6 Å². The summed E-state index contributed by atoms with van der Waals surface area (Å²) in [5, 5.41) is 3.06. The molecule has 1 aliphatic carbocycles. The van der Waals surface area contributed by atoms with Crippen LogP contribution in [0.4, 0.5) is 0 Å². The van der Waals surface area contributed by atoms with Crippen LogP contribution in [-0.2, 0) is 17.2 Å². The molecule has 2 nitrogen and oxygen atoms in total. The Hall–Kier alpha value is -0.900. The molecule has 1 fully saturated rings. The van der Waals surface area contributed by atoms with Gasteiger partial charge < -0.3 is 4.74 Å². The minimum atomic E-state index is 0.432. The summed E-state index contributed by atoms with van der Waals surface area (Å²) in [4.78, 5) is 4.59. The molecule has 0 N–H and O–H groups in total. The SMILES string of the molecule is ClCc1csc(-c2ccccc2COC2CCCCC2)n1. The highest BCUT2D eigenvalue weighted by Gasteiger charge is 2.15. The first kappa shape index (κ1) is 15.0. The lowest BCUT2D eigenvalue weighted by atomic mass is 9.98. The van der Waals surface area contributed by atoms with Crippen LogP contribution in [0.1, 0.15) is 43.4 Å². The molecule has 0 spiro atoms. The first-order chi connectivity index (χ1) is 10.4. The molecule has 0 amide bonds. The predicted molar refractivity (Wildman–Crippen MR) is 88.8 cm³/mol. The summed E-state index contributed by atoms with van der Waals surface area (Å²) in [5.41, 5.74) is 3.34. The number of rotatable bonds is 5. The van der Waals surface area contributed by atoms with E-state index in [1.54, 1.807) is 11.3 Å². The Morgan fingerprint density at radius 2 is 2.00 bits per heavy atom. The number of nitrogens with zero attached hydrogens (tertiary/aromatic N) is 1. The molecule has 0 aliphatic heterocycles. The molecule has 1 saturated carbocycles. The van der Waals surface area contributed by atoms with E-state index in [0.29, 0.717) is 18.6 Å². The highest BCUT2D eigenvalue weighted by Crippen LogP contribution is 2.29. The number of benzene rings is 1. The Morgan fingerprint density at radius 3 is 2.76 bits per heavy atom. The van der Waals surface area contributed by atoms with Gasteiger partial charge in [0.25, 0.3) is 0 Å². The standard InChI is InChI=1S/C17H20ClNOS/c18-10-14-12-21-17(19-14)16-9-5-4-6-13(16)11-20-15-7-2-1-3-8-15/h4-6,9,12,15H,1-3,7-8,10-11H2. The molecule has 1 aromatic heterocycles. The minimum Gasteiger partial charge on any atom is -0.374 e. The van der Waals surface area contributed by atoms with E-state index in [0.717, 1.165) is 10.7 Å². The maximum atomic E-state index is 6.12. The van der Waals surface area contributed by atoms with Crippen molar-refractivity contribution in [1.29, 1.82) is 0 Å². The van der Waals surface area contributed by atoms with Crippen molar-refractivity contribution in [3.05, 3.63) is 40.9 Å². The third-order valence-electron chi connectivity index (χ3n) is 3.96. The average molecular weight is 322 g/mol. The molecule has 0 atom stereocenters. The van der Waals surface area contributed by atoms with E-state index in [-0.39, 0.29) is 0 Å². The van der Waals surface area contributed by atoms with Gasteiger partial charge in [-0.2, -0.15) is 0 Å². The molecule has 0 bridgehead atoms. The zero-order valence-electron chi connectivity index (χ0n) is 12.1. The molecule has 4 heteroatoms. The van der Waals surface area contributed by atoms with Gasteiger partial charge in [-0.25, -0.2) is 4.98 Å². The maximum absolute atomic E-state index is 6.12. The first-order valence-electron chi connectivity index (χ1n) is 7.57. The Kier molecular flexibility index (Phi) is 5.28. The number of hydrogen-bond acceptors (Lipinski definition) is 3. The summed E-state index contributed by atoms with van der Waals surface area (Å²) >= 11 is 7.50. The fraction of sp³-hybridized carbons (Fsp3) is 0.471. The van der Waals surface area contributed by atoms with E-state index in [1.807, 2.05) is 5.38 Å². The van der Waals surface area contributed by atoms with Crippen LogP contribution in [-0.4, -0.2) is 11.1 Å². The van der Waals surface area contributed by atoms with Crippen LogP contribution in [0.5, 0.6) is 0 Å². The molecule has 2 aromatic rings. The van der Waals surface area contributed by atoms with Crippen LogP contribution in [0.3, 0.4) is 0 Å². The number of alkyl halides is 1. The topological polar surface area (TPSA) is 22.1 Å². The summed E-state index contributed by atoms with van der Waals surface area (Å²) in [6.07, 6.45) is 6.81. The lowest BCUT2D eigenvalue weighted by molar-refractivity contribution is 0.0171. The van der Waals surface area contributed by atoms with Gasteiger partial charge in [0.05, 0.1) is 24.3 Å². The molecular weight excluding hydrogens is 302 g/mol. The highest BCUT2D eigenvalue weighted by atomic mass is 35.5. The van der Waals surface area contributed by atoms with Crippen molar-refractivity contribution < 1.29 is 4.74 Å². The Morgan fingerprint density at radius 1 is 1.19 bits per heavy atom. The molecule has 1 heterocycles. The molecule has 112 valence electrons. The number of halogens is 1. The Bertz CT molecular complexity index is 578. The maximum Gasteiger partial charge on any atom is 0.124 e. The van der Waals surface area contributed by atoms with Gasteiger partial charge in [0, 0.05) is 10.9 Å². The van der Waals surface area contributed by atoms with Crippen molar-refractivity contribution in [3.8, 4) is 10.6 Å². The summed E-state index contributed by atoms with van der Waals surface area (Å²) in [7, 11) is 0. The first-order valence-corrected chi connectivity index (χ1v) is 8.98. The van der Waals surface area contributed by atoms with E-state index >= 15 is 0 Å². The van der Waals surface area contributed by atoms with Crippen LogP contribution in [0, 0.1) is 0 Å². The van der Waals surface area contributed by atoms with E-state index in [4.69, 9.17) is 16.3 Å². The molecule has 0 radical (unpaired) electrons. The summed E-state index contributed by atoms with van der Waals surface area (Å²) < 4.78 is 6.12. The second-order valence-electron chi connectivity index (χ2n) is 5.51. The van der Waals surface area contributed by atoms with E-state index in [9.17, 15) is 0 Å². The number of aromatic nitrogens is 1. The minimum absolute atomic E-state index is 0.432. The largest absolute Gasteiger partial charge is 0.374 e. The van der Waals surface area contributed by atoms with Crippen LogP contribution in [0.15, 0.2) is 29.6 Å². The summed E-state index contributed by atoms with van der Waals surface area (Å²) in [6, 6.07) is 8.39. The lowest BCUT2D eigenvalue weighted by Gasteiger charge is -2.22. The van der Waals surface area contributed by atoms with Crippen molar-refractivity contribution >= 4 is 22.9 Å². The number of thiazole rings is 1. The normalized spacial score (nSPS) is 16.2. The van der Waals surface area contributed by atoms with Crippen LogP contribution in [0.2, 0.25) is 0 Å². The predicted octanol–water partition coefficient (Wildman–Crippen LogP) is 5.40. The van der Waals surface area contributed by atoms with Gasteiger partial charge in [0.1, 0.15) is 5.01 Å². The Balaban J connectivity index is 1.72. The van der Waals surface area contributed by atoms with E-state index < -0.39 is 0 Å². The van der Waals surface area contributed by atoms with E-state index in [2.05, 4.69) is 29.2 Å². The van der Waals surface area contributed by atoms with Crippen molar-refractivity contribution in [2.45, 2.75) is 50.7 Å². The van der Waals surface area contributed by atoms with Crippen molar-refractivity contribution in [1.82, 2.24) is 4.98 Å². The second-order valence-corrected chi connectivity index (χ2v) is 6.63. The molecule has 0 unspecified atom stereocenters. The third kappa shape index (κ3) is 3.85. The lowest BCUT2D eigenvalue weighted by Crippen LogP contribution is -2.16. The Labute approximate surface area is 135 Å². The smallest absolute Gasteiger partial charge is 0.124 e. The second kappa shape index (κ2) is 7.39. The quantitative estimate of drug-likeness (QED) is 0.688. The van der Waals surface area contributed by atoms with Crippen molar-refractivity contribution in [2.75, 3.05) is 0 Å². The van der Waals surface area contributed by atoms with Gasteiger partial charge in [-0.15, -0.1) is 22.9 Å². The molecule has 0 saturated heterocycles. The zero-order chi connectivity index (χ0) is 14.5. The van der Waals surface area contributed by atoms with Gasteiger partial charge >= 0.3 is 0 Å². The van der Waals surface area contributed by atoms with Crippen molar-refractivity contribution in [3.63, 3.8) is 0 Å². The molecule has 1 aliphatic rings. The van der Waals surface area contributed by atoms with Gasteiger partial charge in [-0.05, 0) is 18.4 Å². The molecule has 21 heavy (non-hydrogen) atoms. The van der Waals surface area contributed by atoms with Crippen LogP contribution >= 0.6 is 22.9 Å². The fourth-order valence-electron chi connectivity index (χ4n) is 2.79. The molecule has 3 rings (SSSR count). The fourth-order valence-corrected chi connectivity index (χ4v) is 3.89. The monoisotopic (exact) mass is 321 g/mol. The van der Waals surface area contributed by atoms with E-state index in [1.165, 1.54) is 43.2 Å². The average Bonchev–Trinajstić information content (AvgIpc) is 3.03. The summed E-state index contributed by atoms with van der Waals surface area (Å²) in [5.74, 6) is 0.469. The zero-order valence-corrected chi connectivity index (χ0v) is 13.6. The molecule has 1 aromatic carbocycles. The summed E-state index contributed by atoms with van der Waals surface area (Å²) in [6.45, 7) is 0.677.